The van der Waals surface area contributed by atoms with Crippen LogP contribution in [0.4, 0.5) is 5.69 Å². The third kappa shape index (κ3) is 3.72. The number of ether oxygens (including phenoxy) is 1. The van der Waals surface area contributed by atoms with Gasteiger partial charge < -0.3 is 15.8 Å². The van der Waals surface area contributed by atoms with Crippen LogP contribution in [0, 0.1) is 0 Å². The minimum atomic E-state index is -0.186. The van der Waals surface area contributed by atoms with Crippen molar-refractivity contribution in [2.75, 3.05) is 18.9 Å². The van der Waals surface area contributed by atoms with Gasteiger partial charge in [-0.3, -0.25) is 9.48 Å². The Hall–Kier alpha value is -1.56. The lowest BCUT2D eigenvalue weighted by Crippen LogP contribution is -2.31. The Kier molecular flexibility index (Phi) is 5.40. The Morgan fingerprint density at radius 2 is 2.25 bits per heavy atom. The van der Waals surface area contributed by atoms with Gasteiger partial charge in [0.05, 0.1) is 24.6 Å². The number of anilines is 1. The molecule has 0 bridgehead atoms. The number of nitrogen functional groups attached to an aromatic ring is 1. The molecule has 20 heavy (non-hydrogen) atoms. The molecule has 0 spiro atoms. The summed E-state index contributed by atoms with van der Waals surface area (Å²) in [6, 6.07) is 0. The largest absolute Gasteiger partial charge is 0.396 e. The van der Waals surface area contributed by atoms with Crippen LogP contribution in [-0.2, 0) is 11.3 Å². The van der Waals surface area contributed by atoms with Gasteiger partial charge in [-0.15, -0.1) is 0 Å². The lowest BCUT2D eigenvalue weighted by atomic mass is 9.98. The molecule has 2 rings (SSSR count). The van der Waals surface area contributed by atoms with Gasteiger partial charge in [-0.25, -0.2) is 0 Å². The molecular weight excluding hydrogens is 256 g/mol. The van der Waals surface area contributed by atoms with Crippen LogP contribution in [0.15, 0.2) is 6.20 Å². The predicted molar refractivity (Wildman–Crippen MR) is 77.5 cm³/mol. The summed E-state index contributed by atoms with van der Waals surface area (Å²) in [5.41, 5.74) is 6.61. The number of carbonyl (C=O) groups is 1. The Balaban J connectivity index is 1.73. The maximum atomic E-state index is 12.0. The molecule has 1 amide bonds. The number of nitrogens with two attached hydrogens (primary N) is 1. The highest BCUT2D eigenvalue weighted by Crippen LogP contribution is 2.19. The fourth-order valence-electron chi connectivity index (χ4n) is 2.59. The van der Waals surface area contributed by atoms with Crippen molar-refractivity contribution in [3.63, 3.8) is 0 Å². The van der Waals surface area contributed by atoms with Gasteiger partial charge in [-0.05, 0) is 19.8 Å². The van der Waals surface area contributed by atoms with E-state index in [9.17, 15) is 4.79 Å². The first-order valence-corrected chi connectivity index (χ1v) is 7.43. The van der Waals surface area contributed by atoms with Crippen molar-refractivity contribution in [1.82, 2.24) is 15.1 Å². The number of rotatable bonds is 6. The zero-order valence-corrected chi connectivity index (χ0v) is 12.1. The Labute approximate surface area is 119 Å². The number of carbonyl (C=O) groups excluding carboxylic acids is 1. The normalized spacial score (nSPS) is 16.2. The summed E-state index contributed by atoms with van der Waals surface area (Å²) in [6.07, 6.45) is 7.99. The average molecular weight is 280 g/mol. The van der Waals surface area contributed by atoms with Gasteiger partial charge in [0.2, 0.25) is 0 Å². The van der Waals surface area contributed by atoms with E-state index in [1.54, 1.807) is 4.68 Å². The number of amides is 1. The number of aryl methyl sites for hydroxylation is 1. The predicted octanol–water partition coefficient (Wildman–Crippen LogP) is 1.56. The summed E-state index contributed by atoms with van der Waals surface area (Å²) in [5.74, 6) is -0.186. The van der Waals surface area contributed by atoms with E-state index in [-0.39, 0.29) is 5.91 Å². The first-order chi connectivity index (χ1) is 9.72. The van der Waals surface area contributed by atoms with E-state index < -0.39 is 0 Å². The molecule has 6 heteroatoms. The second-order valence-corrected chi connectivity index (χ2v) is 5.15. The summed E-state index contributed by atoms with van der Waals surface area (Å²) in [4.78, 5) is 12.0. The molecule has 0 aliphatic heterocycles. The molecule has 0 saturated heterocycles. The molecule has 1 aliphatic carbocycles. The second-order valence-electron chi connectivity index (χ2n) is 5.15. The molecule has 0 aromatic carbocycles. The van der Waals surface area contributed by atoms with Crippen molar-refractivity contribution in [2.45, 2.75) is 51.7 Å². The van der Waals surface area contributed by atoms with Gasteiger partial charge in [-0.2, -0.15) is 5.10 Å². The number of nitrogens with one attached hydrogen (secondary N) is 1. The van der Waals surface area contributed by atoms with Gasteiger partial charge in [0, 0.05) is 13.1 Å². The van der Waals surface area contributed by atoms with Crippen LogP contribution in [0.3, 0.4) is 0 Å². The molecule has 1 saturated carbocycles. The quantitative estimate of drug-likeness (QED) is 0.775. The molecule has 0 unspecified atom stereocenters. The third-order valence-corrected chi connectivity index (χ3v) is 3.68. The van der Waals surface area contributed by atoms with Crippen molar-refractivity contribution < 1.29 is 9.53 Å². The first kappa shape index (κ1) is 14.8. The second kappa shape index (κ2) is 7.28. The summed E-state index contributed by atoms with van der Waals surface area (Å²) in [7, 11) is 0. The molecule has 0 radical (unpaired) electrons. The highest BCUT2D eigenvalue weighted by Gasteiger charge is 2.16. The monoisotopic (exact) mass is 280 g/mol. The third-order valence-electron chi connectivity index (χ3n) is 3.68. The average Bonchev–Trinajstić information content (AvgIpc) is 2.85. The van der Waals surface area contributed by atoms with E-state index in [4.69, 9.17) is 10.5 Å². The molecule has 0 atom stereocenters. The van der Waals surface area contributed by atoms with E-state index in [1.807, 2.05) is 6.92 Å². The molecule has 1 aromatic heterocycles. The molecule has 1 aliphatic rings. The Bertz CT molecular complexity index is 438. The lowest BCUT2D eigenvalue weighted by Gasteiger charge is -2.22. The van der Waals surface area contributed by atoms with Crippen molar-refractivity contribution in [1.29, 1.82) is 0 Å². The zero-order valence-electron chi connectivity index (χ0n) is 12.1. The van der Waals surface area contributed by atoms with Crippen molar-refractivity contribution in [2.24, 2.45) is 0 Å². The van der Waals surface area contributed by atoms with E-state index in [0.29, 0.717) is 37.2 Å². The summed E-state index contributed by atoms with van der Waals surface area (Å²) in [5, 5.41) is 6.89. The SMILES string of the molecule is CCn1ncc(N)c1C(=O)NCCOC1CCCCC1. The van der Waals surface area contributed by atoms with Crippen LogP contribution in [0.25, 0.3) is 0 Å². The highest BCUT2D eigenvalue weighted by atomic mass is 16.5. The van der Waals surface area contributed by atoms with Gasteiger partial charge in [0.1, 0.15) is 5.69 Å². The lowest BCUT2D eigenvalue weighted by molar-refractivity contribution is 0.0299. The van der Waals surface area contributed by atoms with E-state index in [0.717, 1.165) is 12.8 Å². The van der Waals surface area contributed by atoms with Crippen LogP contribution >= 0.6 is 0 Å². The smallest absolute Gasteiger partial charge is 0.271 e. The van der Waals surface area contributed by atoms with Gasteiger partial charge in [-0.1, -0.05) is 19.3 Å². The number of hydrogen-bond donors (Lipinski definition) is 2. The van der Waals surface area contributed by atoms with Crippen LogP contribution in [0.5, 0.6) is 0 Å². The fourth-order valence-corrected chi connectivity index (χ4v) is 2.59. The topological polar surface area (TPSA) is 82.2 Å². The van der Waals surface area contributed by atoms with Crippen LogP contribution in [0.1, 0.15) is 49.5 Å². The first-order valence-electron chi connectivity index (χ1n) is 7.43. The maximum Gasteiger partial charge on any atom is 0.271 e. The number of nitrogens with zero attached hydrogens (tertiary/aromatic N) is 2. The van der Waals surface area contributed by atoms with E-state index in [2.05, 4.69) is 10.4 Å². The van der Waals surface area contributed by atoms with Crippen molar-refractivity contribution in [3.8, 4) is 0 Å². The van der Waals surface area contributed by atoms with Crippen LogP contribution in [-0.4, -0.2) is 34.9 Å². The van der Waals surface area contributed by atoms with Crippen molar-refractivity contribution >= 4 is 11.6 Å². The van der Waals surface area contributed by atoms with E-state index >= 15 is 0 Å². The molecule has 6 nitrogen and oxygen atoms in total. The molecule has 3 N–H and O–H groups in total. The maximum absolute atomic E-state index is 12.0. The molecular formula is C14H24N4O2. The molecule has 1 aromatic rings. The van der Waals surface area contributed by atoms with Gasteiger partial charge in [0.25, 0.3) is 5.91 Å². The fraction of sp³-hybridized carbons (Fsp3) is 0.714. The van der Waals surface area contributed by atoms with Crippen molar-refractivity contribution in [3.05, 3.63) is 11.9 Å². The Morgan fingerprint density at radius 1 is 1.50 bits per heavy atom. The molecule has 112 valence electrons. The molecule has 1 fully saturated rings. The Morgan fingerprint density at radius 3 is 2.95 bits per heavy atom. The number of hydrogen-bond acceptors (Lipinski definition) is 4. The minimum Gasteiger partial charge on any atom is -0.396 e. The minimum absolute atomic E-state index is 0.186. The molecule has 1 heterocycles. The van der Waals surface area contributed by atoms with Crippen LogP contribution < -0.4 is 11.1 Å². The standard InChI is InChI=1S/C14H24N4O2/c1-2-18-13(12(15)10-17-18)14(19)16-8-9-20-11-6-4-3-5-7-11/h10-11H,2-9,15H2,1H3,(H,16,19). The summed E-state index contributed by atoms with van der Waals surface area (Å²) >= 11 is 0. The number of aromatic nitrogens is 2. The van der Waals surface area contributed by atoms with Gasteiger partial charge in [0.15, 0.2) is 0 Å². The van der Waals surface area contributed by atoms with Crippen LogP contribution in [0.2, 0.25) is 0 Å². The van der Waals surface area contributed by atoms with Gasteiger partial charge >= 0.3 is 0 Å². The summed E-state index contributed by atoms with van der Waals surface area (Å²) < 4.78 is 7.37. The zero-order chi connectivity index (χ0) is 14.4. The summed E-state index contributed by atoms with van der Waals surface area (Å²) in [6.45, 7) is 3.61. The highest BCUT2D eigenvalue weighted by molar-refractivity contribution is 5.97. The van der Waals surface area contributed by atoms with E-state index in [1.165, 1.54) is 25.5 Å².